The van der Waals surface area contributed by atoms with Crippen molar-refractivity contribution in [1.29, 1.82) is 0 Å². The van der Waals surface area contributed by atoms with Gasteiger partial charge in [0.2, 0.25) is 5.91 Å². The minimum atomic E-state index is -0.310. The van der Waals surface area contributed by atoms with Crippen molar-refractivity contribution < 1.29 is 4.79 Å². The molecule has 0 fully saturated rings. The Morgan fingerprint density at radius 1 is 1.13 bits per heavy atom. The minimum absolute atomic E-state index is 0.0891. The highest BCUT2D eigenvalue weighted by atomic mass is 35.5. The number of hydrogen-bond acceptors (Lipinski definition) is 3. The van der Waals surface area contributed by atoms with Gasteiger partial charge < -0.3 is 4.90 Å². The minimum Gasteiger partial charge on any atom is -0.333 e. The first-order chi connectivity index (χ1) is 14.5. The average Bonchev–Trinajstić information content (AvgIpc) is 2.75. The quantitative estimate of drug-likeness (QED) is 0.476. The molecule has 1 atom stereocenters. The molecule has 3 aromatic rings. The van der Waals surface area contributed by atoms with Gasteiger partial charge >= 0.3 is 0 Å². The van der Waals surface area contributed by atoms with Crippen LogP contribution in [-0.2, 0) is 4.79 Å². The van der Waals surface area contributed by atoms with Gasteiger partial charge in [0.25, 0.3) is 5.56 Å². The molecular weight excluding hydrogens is 398 g/mol. The smallest absolute Gasteiger partial charge is 0.266 e. The molecule has 2 aromatic carbocycles. The Morgan fingerprint density at radius 2 is 1.90 bits per heavy atom. The van der Waals surface area contributed by atoms with Crippen LogP contribution in [0.5, 0.6) is 0 Å². The molecule has 0 saturated carbocycles. The molecule has 5 nitrogen and oxygen atoms in total. The first-order valence-electron chi connectivity index (χ1n) is 10.6. The third-order valence-corrected chi connectivity index (χ3v) is 5.57. The third-order valence-electron chi connectivity index (χ3n) is 5.33. The highest BCUT2D eigenvalue weighted by molar-refractivity contribution is 6.30. The number of hydrogen-bond donors (Lipinski definition) is 0. The van der Waals surface area contributed by atoms with Crippen LogP contribution < -0.4 is 5.56 Å². The van der Waals surface area contributed by atoms with E-state index in [2.05, 4.69) is 6.92 Å². The molecule has 1 unspecified atom stereocenters. The van der Waals surface area contributed by atoms with Gasteiger partial charge in [0.1, 0.15) is 5.82 Å². The highest BCUT2D eigenvalue weighted by Crippen LogP contribution is 2.27. The summed E-state index contributed by atoms with van der Waals surface area (Å²) >= 11 is 6.23. The molecule has 0 spiro atoms. The summed E-state index contributed by atoms with van der Waals surface area (Å²) < 4.78 is 1.61. The number of halogens is 1. The standard InChI is InChI=1S/C24H28ClN3O2/c1-4-7-15-22(29)27(6-3)21(5-2)23-26-20-14-9-8-13-19(20)24(30)28(23)18-12-10-11-17(25)16-18/h8-14,16,21H,4-7,15H2,1-3H3. The Morgan fingerprint density at radius 3 is 2.57 bits per heavy atom. The predicted octanol–water partition coefficient (Wildman–Crippen LogP) is 5.53. The fraction of sp³-hybridized carbons (Fsp3) is 0.375. The van der Waals surface area contributed by atoms with Crippen LogP contribution in [0, 0.1) is 0 Å². The van der Waals surface area contributed by atoms with Crippen molar-refractivity contribution in [2.24, 2.45) is 0 Å². The summed E-state index contributed by atoms with van der Waals surface area (Å²) in [6, 6.07) is 14.2. The van der Waals surface area contributed by atoms with Gasteiger partial charge in [0, 0.05) is 18.0 Å². The zero-order valence-electron chi connectivity index (χ0n) is 17.8. The molecule has 0 aliphatic rings. The maximum Gasteiger partial charge on any atom is 0.266 e. The van der Waals surface area contributed by atoms with Gasteiger partial charge in [-0.25, -0.2) is 4.98 Å². The van der Waals surface area contributed by atoms with Crippen LogP contribution in [0.15, 0.2) is 53.3 Å². The highest BCUT2D eigenvalue weighted by Gasteiger charge is 2.27. The van der Waals surface area contributed by atoms with E-state index in [0.29, 0.717) is 46.8 Å². The first-order valence-corrected chi connectivity index (χ1v) is 11.0. The van der Waals surface area contributed by atoms with Gasteiger partial charge in [-0.3, -0.25) is 14.2 Å². The summed E-state index contributed by atoms with van der Waals surface area (Å²) in [7, 11) is 0. The molecule has 0 saturated heterocycles. The van der Waals surface area contributed by atoms with E-state index in [9.17, 15) is 9.59 Å². The van der Waals surface area contributed by atoms with Crippen molar-refractivity contribution in [2.45, 2.75) is 52.5 Å². The number of carbonyl (C=O) groups is 1. The van der Waals surface area contributed by atoms with E-state index < -0.39 is 0 Å². The zero-order valence-corrected chi connectivity index (χ0v) is 18.5. The van der Waals surface area contributed by atoms with Crippen LogP contribution in [0.3, 0.4) is 0 Å². The monoisotopic (exact) mass is 425 g/mol. The molecule has 1 aromatic heterocycles. The van der Waals surface area contributed by atoms with Crippen molar-refractivity contribution in [3.63, 3.8) is 0 Å². The Kier molecular flexibility index (Phi) is 7.27. The Labute approximate surface area is 182 Å². The molecule has 158 valence electrons. The van der Waals surface area contributed by atoms with Crippen LogP contribution in [0.1, 0.15) is 58.3 Å². The molecule has 0 N–H and O–H groups in total. The van der Waals surface area contributed by atoms with E-state index in [1.807, 2.05) is 49.1 Å². The molecule has 0 radical (unpaired) electrons. The zero-order chi connectivity index (χ0) is 21.7. The fourth-order valence-electron chi connectivity index (χ4n) is 3.82. The number of unbranched alkanes of at least 4 members (excludes halogenated alkanes) is 1. The molecular formula is C24H28ClN3O2. The lowest BCUT2D eigenvalue weighted by Gasteiger charge is -2.31. The number of rotatable bonds is 8. The van der Waals surface area contributed by atoms with Crippen molar-refractivity contribution in [1.82, 2.24) is 14.5 Å². The summed E-state index contributed by atoms with van der Waals surface area (Å²) in [6.07, 6.45) is 2.95. The molecule has 1 heterocycles. The summed E-state index contributed by atoms with van der Waals surface area (Å²) in [5.74, 6) is 0.654. The molecule has 6 heteroatoms. The normalized spacial score (nSPS) is 12.1. The fourth-order valence-corrected chi connectivity index (χ4v) is 4.01. The number of carbonyl (C=O) groups excluding carboxylic acids is 1. The lowest BCUT2D eigenvalue weighted by atomic mass is 10.1. The number of fused-ring (bicyclic) bond motifs is 1. The number of para-hydroxylation sites is 1. The third kappa shape index (κ3) is 4.41. The van der Waals surface area contributed by atoms with E-state index in [4.69, 9.17) is 16.6 Å². The van der Waals surface area contributed by atoms with Crippen LogP contribution in [0.4, 0.5) is 0 Å². The Bertz CT molecular complexity index is 1090. The molecule has 3 rings (SSSR count). The lowest BCUT2D eigenvalue weighted by Crippen LogP contribution is -2.38. The second-order valence-corrected chi connectivity index (χ2v) is 7.75. The van der Waals surface area contributed by atoms with Gasteiger partial charge in [0.05, 0.1) is 22.6 Å². The van der Waals surface area contributed by atoms with E-state index in [1.54, 1.807) is 22.8 Å². The van der Waals surface area contributed by atoms with Crippen molar-refractivity contribution >= 4 is 28.4 Å². The van der Waals surface area contributed by atoms with Crippen LogP contribution in [0.25, 0.3) is 16.6 Å². The number of amides is 1. The second-order valence-electron chi connectivity index (χ2n) is 7.31. The average molecular weight is 426 g/mol. The van der Waals surface area contributed by atoms with E-state index >= 15 is 0 Å². The van der Waals surface area contributed by atoms with E-state index in [1.165, 1.54) is 0 Å². The number of nitrogens with zero attached hydrogens (tertiary/aromatic N) is 3. The molecule has 1 amide bonds. The van der Waals surface area contributed by atoms with Crippen LogP contribution in [-0.4, -0.2) is 26.9 Å². The van der Waals surface area contributed by atoms with Gasteiger partial charge in [-0.15, -0.1) is 0 Å². The maximum absolute atomic E-state index is 13.5. The maximum atomic E-state index is 13.5. The van der Waals surface area contributed by atoms with Crippen molar-refractivity contribution in [3.8, 4) is 5.69 Å². The first kappa shape index (κ1) is 22.0. The SMILES string of the molecule is CCCCC(=O)N(CC)C(CC)c1nc2ccccc2c(=O)n1-c1cccc(Cl)c1. The predicted molar refractivity (Wildman–Crippen MR) is 122 cm³/mol. The van der Waals surface area contributed by atoms with Crippen molar-refractivity contribution in [2.75, 3.05) is 6.54 Å². The summed E-state index contributed by atoms with van der Waals surface area (Å²) in [6.45, 7) is 6.61. The van der Waals surface area contributed by atoms with Gasteiger partial charge in [-0.05, 0) is 50.1 Å². The lowest BCUT2D eigenvalue weighted by molar-refractivity contribution is -0.133. The Balaban J connectivity index is 2.25. The molecule has 0 aliphatic carbocycles. The van der Waals surface area contributed by atoms with Crippen molar-refractivity contribution in [3.05, 3.63) is 69.7 Å². The van der Waals surface area contributed by atoms with Gasteiger partial charge in [-0.1, -0.05) is 50.1 Å². The van der Waals surface area contributed by atoms with Gasteiger partial charge in [0.15, 0.2) is 0 Å². The number of benzene rings is 2. The molecule has 0 aliphatic heterocycles. The van der Waals surface area contributed by atoms with E-state index in [0.717, 1.165) is 12.8 Å². The van der Waals surface area contributed by atoms with Crippen LogP contribution >= 0.6 is 11.6 Å². The molecule has 30 heavy (non-hydrogen) atoms. The molecule has 0 bridgehead atoms. The van der Waals surface area contributed by atoms with E-state index in [-0.39, 0.29) is 17.5 Å². The second kappa shape index (κ2) is 9.90. The Hall–Kier alpha value is -2.66. The summed E-state index contributed by atoms with van der Waals surface area (Å²) in [5, 5.41) is 1.08. The largest absolute Gasteiger partial charge is 0.333 e. The van der Waals surface area contributed by atoms with Gasteiger partial charge in [-0.2, -0.15) is 0 Å². The summed E-state index contributed by atoms with van der Waals surface area (Å²) in [5.41, 5.74) is 1.12. The summed E-state index contributed by atoms with van der Waals surface area (Å²) in [4.78, 5) is 33.2. The topological polar surface area (TPSA) is 55.2 Å². The number of aromatic nitrogens is 2. The van der Waals surface area contributed by atoms with Crippen LogP contribution in [0.2, 0.25) is 5.02 Å².